The van der Waals surface area contributed by atoms with Crippen LogP contribution in [0, 0.1) is 11.8 Å². The zero-order valence-electron chi connectivity index (χ0n) is 4.13. The van der Waals surface area contributed by atoms with E-state index < -0.39 is 0 Å². The number of thioether (sulfide) groups is 1. The van der Waals surface area contributed by atoms with Crippen LogP contribution in [0.4, 0.5) is 0 Å². The molecule has 38 valence electrons. The highest BCUT2D eigenvalue weighted by atomic mass is 32.2. The van der Waals surface area contributed by atoms with Gasteiger partial charge < -0.3 is 0 Å². The summed E-state index contributed by atoms with van der Waals surface area (Å²) in [5, 5.41) is 2.31. The molecule has 0 nitrogen and oxygen atoms in total. The van der Waals surface area contributed by atoms with Gasteiger partial charge in [0.1, 0.15) is 0 Å². The average molecular weight is 112 g/mol. The third-order valence-electron chi connectivity index (χ3n) is 2.46. The van der Waals surface area contributed by atoms with Crippen molar-refractivity contribution >= 4 is 11.8 Å². The molecule has 0 radical (unpaired) electrons. The molecule has 0 aromatic heterocycles. The highest BCUT2D eigenvalue weighted by Gasteiger charge is 2.62. The van der Waals surface area contributed by atoms with Gasteiger partial charge in [0.2, 0.25) is 0 Å². The zero-order valence-corrected chi connectivity index (χ0v) is 4.95. The van der Waals surface area contributed by atoms with Gasteiger partial charge in [0.05, 0.1) is 0 Å². The molecule has 4 unspecified atom stereocenters. The SMILES string of the molecule is C1C2SC3CC3C12. The number of hydrogen-bond acceptors (Lipinski definition) is 1. The predicted octanol–water partition coefficient (Wildman–Crippen LogP) is 1.51. The van der Waals surface area contributed by atoms with E-state index in [9.17, 15) is 0 Å². The topological polar surface area (TPSA) is 0 Å². The first-order valence-corrected chi connectivity index (χ1v) is 4.05. The highest BCUT2D eigenvalue weighted by molar-refractivity contribution is 8.01. The van der Waals surface area contributed by atoms with Crippen LogP contribution in [0.15, 0.2) is 0 Å². The third kappa shape index (κ3) is 0.290. The molecule has 1 aliphatic heterocycles. The first-order chi connectivity index (χ1) is 3.45. The summed E-state index contributed by atoms with van der Waals surface area (Å²) in [6, 6.07) is 0. The molecule has 1 heteroatoms. The van der Waals surface area contributed by atoms with E-state index in [1.54, 1.807) is 12.8 Å². The van der Waals surface area contributed by atoms with E-state index in [-0.39, 0.29) is 0 Å². The van der Waals surface area contributed by atoms with Crippen LogP contribution in [0.25, 0.3) is 0 Å². The Balaban J connectivity index is 2.02. The Bertz CT molecular complexity index is 107. The number of hydrogen-bond donors (Lipinski definition) is 0. The van der Waals surface area contributed by atoms with Crippen molar-refractivity contribution in [1.82, 2.24) is 0 Å². The molecule has 1 heterocycles. The van der Waals surface area contributed by atoms with Gasteiger partial charge in [-0.25, -0.2) is 0 Å². The second kappa shape index (κ2) is 0.771. The van der Waals surface area contributed by atoms with Crippen LogP contribution in [0.2, 0.25) is 0 Å². The first kappa shape index (κ1) is 3.39. The van der Waals surface area contributed by atoms with Crippen LogP contribution in [0.3, 0.4) is 0 Å². The molecule has 7 heavy (non-hydrogen) atoms. The summed E-state index contributed by atoms with van der Waals surface area (Å²) in [6.07, 6.45) is 3.15. The molecule has 3 fully saturated rings. The number of rotatable bonds is 0. The molecule has 1 saturated heterocycles. The quantitative estimate of drug-likeness (QED) is 0.457. The fraction of sp³-hybridized carbons (Fsp3) is 1.00. The maximum absolute atomic E-state index is 2.27. The summed E-state index contributed by atoms with van der Waals surface area (Å²) >= 11 is 2.27. The van der Waals surface area contributed by atoms with Crippen molar-refractivity contribution in [3.8, 4) is 0 Å². The van der Waals surface area contributed by atoms with E-state index in [0.29, 0.717) is 0 Å². The smallest absolute Gasteiger partial charge is 0.00848 e. The monoisotopic (exact) mass is 112 g/mol. The minimum Gasteiger partial charge on any atom is -0.155 e. The molecular formula is C6H8S. The Labute approximate surface area is 47.7 Å². The van der Waals surface area contributed by atoms with Gasteiger partial charge in [0.25, 0.3) is 0 Å². The fourth-order valence-electron chi connectivity index (χ4n) is 1.82. The predicted molar refractivity (Wildman–Crippen MR) is 31.4 cm³/mol. The van der Waals surface area contributed by atoms with Crippen molar-refractivity contribution in [1.29, 1.82) is 0 Å². The van der Waals surface area contributed by atoms with Crippen LogP contribution in [0.1, 0.15) is 12.8 Å². The maximum atomic E-state index is 2.27. The Morgan fingerprint density at radius 1 is 1.00 bits per heavy atom. The Hall–Kier alpha value is 0.350. The van der Waals surface area contributed by atoms with Crippen molar-refractivity contribution in [2.45, 2.75) is 23.3 Å². The molecule has 0 amide bonds. The highest BCUT2D eigenvalue weighted by Crippen LogP contribution is 2.69. The standard InChI is InChI=1S/C6H8S/c1-3-4-2-6(4)7-5(1)3/h3-6H,1-2H2. The van der Waals surface area contributed by atoms with Gasteiger partial charge in [-0.05, 0) is 24.7 Å². The number of fused-ring (bicyclic) bond motifs is 3. The Kier molecular flexibility index (Phi) is 0.374. The van der Waals surface area contributed by atoms with Crippen molar-refractivity contribution in [3.63, 3.8) is 0 Å². The van der Waals surface area contributed by atoms with Crippen molar-refractivity contribution in [2.24, 2.45) is 11.8 Å². The van der Waals surface area contributed by atoms with Gasteiger partial charge >= 0.3 is 0 Å². The van der Waals surface area contributed by atoms with Crippen LogP contribution in [-0.4, -0.2) is 10.5 Å². The zero-order chi connectivity index (χ0) is 4.43. The van der Waals surface area contributed by atoms with Crippen LogP contribution < -0.4 is 0 Å². The summed E-state index contributed by atoms with van der Waals surface area (Å²) in [4.78, 5) is 0. The second-order valence-corrected chi connectivity index (χ2v) is 4.50. The van der Waals surface area contributed by atoms with Gasteiger partial charge in [-0.2, -0.15) is 11.8 Å². The van der Waals surface area contributed by atoms with E-state index in [4.69, 9.17) is 0 Å². The first-order valence-electron chi connectivity index (χ1n) is 3.10. The Morgan fingerprint density at radius 3 is 1.86 bits per heavy atom. The minimum absolute atomic E-state index is 1.16. The third-order valence-corrected chi connectivity index (χ3v) is 4.24. The van der Waals surface area contributed by atoms with Crippen LogP contribution in [0.5, 0.6) is 0 Å². The van der Waals surface area contributed by atoms with E-state index in [0.717, 1.165) is 10.5 Å². The van der Waals surface area contributed by atoms with Crippen LogP contribution >= 0.6 is 11.8 Å². The lowest BCUT2D eigenvalue weighted by molar-refractivity contribution is 0.736. The maximum Gasteiger partial charge on any atom is 0.00848 e. The second-order valence-electron chi connectivity index (χ2n) is 3.01. The lowest BCUT2D eigenvalue weighted by atomic mass is 10.3. The molecule has 0 spiro atoms. The summed E-state index contributed by atoms with van der Waals surface area (Å²) < 4.78 is 0. The van der Waals surface area contributed by atoms with E-state index >= 15 is 0 Å². The van der Waals surface area contributed by atoms with E-state index in [1.165, 1.54) is 11.8 Å². The lowest BCUT2D eigenvalue weighted by Gasteiger charge is -1.83. The van der Waals surface area contributed by atoms with Gasteiger partial charge in [0.15, 0.2) is 0 Å². The van der Waals surface area contributed by atoms with E-state index in [1.807, 2.05) is 0 Å². The molecule has 4 atom stereocenters. The largest absolute Gasteiger partial charge is 0.155 e. The van der Waals surface area contributed by atoms with Gasteiger partial charge in [0, 0.05) is 10.5 Å². The minimum atomic E-state index is 1.16. The van der Waals surface area contributed by atoms with E-state index in [2.05, 4.69) is 11.8 Å². The molecule has 0 N–H and O–H groups in total. The van der Waals surface area contributed by atoms with Gasteiger partial charge in [-0.3, -0.25) is 0 Å². The summed E-state index contributed by atoms with van der Waals surface area (Å²) in [5.41, 5.74) is 0. The molecule has 3 aliphatic rings. The molecule has 3 rings (SSSR count). The summed E-state index contributed by atoms with van der Waals surface area (Å²) in [7, 11) is 0. The normalized spacial score (nSPS) is 72.0. The lowest BCUT2D eigenvalue weighted by Crippen LogP contribution is -1.75. The molecule has 0 aromatic rings. The van der Waals surface area contributed by atoms with Gasteiger partial charge in [-0.15, -0.1) is 0 Å². The van der Waals surface area contributed by atoms with Crippen LogP contribution in [-0.2, 0) is 0 Å². The molecule has 0 aromatic carbocycles. The summed E-state index contributed by atoms with van der Waals surface area (Å²) in [6.45, 7) is 0. The van der Waals surface area contributed by atoms with Gasteiger partial charge in [-0.1, -0.05) is 0 Å². The average Bonchev–Trinajstić information content (AvgIpc) is 2.47. The van der Waals surface area contributed by atoms with Crippen molar-refractivity contribution in [3.05, 3.63) is 0 Å². The summed E-state index contributed by atoms with van der Waals surface area (Å²) in [5.74, 6) is 2.44. The van der Waals surface area contributed by atoms with Crippen molar-refractivity contribution in [2.75, 3.05) is 0 Å². The molecule has 2 saturated carbocycles. The molecule has 2 aliphatic carbocycles. The van der Waals surface area contributed by atoms with Crippen molar-refractivity contribution < 1.29 is 0 Å². The molecule has 0 bridgehead atoms. The molecular weight excluding hydrogens is 104 g/mol. The fourth-order valence-corrected chi connectivity index (χ4v) is 3.74. The Morgan fingerprint density at radius 2 is 1.57 bits per heavy atom.